The Kier molecular flexibility index (Phi) is 7.20. The van der Waals surface area contributed by atoms with Crippen molar-refractivity contribution in [2.45, 2.75) is 108 Å². The van der Waals surface area contributed by atoms with Gasteiger partial charge in [0.2, 0.25) is 0 Å². The summed E-state index contributed by atoms with van der Waals surface area (Å²) in [5.74, 6) is 0.882. The van der Waals surface area contributed by atoms with Crippen molar-refractivity contribution >= 4 is 32.9 Å². The molecule has 2 aromatic rings. The van der Waals surface area contributed by atoms with Gasteiger partial charge < -0.3 is 10.6 Å². The van der Waals surface area contributed by atoms with Gasteiger partial charge in [-0.2, -0.15) is 0 Å². The molecule has 0 bridgehead atoms. The van der Waals surface area contributed by atoms with Crippen molar-refractivity contribution in [2.75, 3.05) is 16.8 Å². The highest BCUT2D eigenvalue weighted by atomic mass is 32.2. The Hall–Kier alpha value is -1.93. The predicted molar refractivity (Wildman–Crippen MR) is 152 cm³/mol. The van der Waals surface area contributed by atoms with E-state index in [1.54, 1.807) is 0 Å². The van der Waals surface area contributed by atoms with Gasteiger partial charge in [-0.05, 0) is 78.2 Å². The van der Waals surface area contributed by atoms with Gasteiger partial charge in [0.25, 0.3) is 5.91 Å². The SMILES string of the molecule is CC(C)(C)c1cc(-c2sc(C(=O)NC3CCS(=O)(=O)CC3)nc2NC2CCCCC2)cc(C2(C)CC2)c1. The average Bonchev–Trinajstić information content (AvgIpc) is 3.47. The highest BCUT2D eigenvalue weighted by Gasteiger charge is 2.40. The van der Waals surface area contributed by atoms with Crippen LogP contribution in [-0.4, -0.2) is 42.9 Å². The topological polar surface area (TPSA) is 88.2 Å². The van der Waals surface area contributed by atoms with Gasteiger partial charge in [-0.3, -0.25) is 4.79 Å². The van der Waals surface area contributed by atoms with Crippen LogP contribution in [0.4, 0.5) is 5.82 Å². The molecule has 0 unspecified atom stereocenters. The standard InChI is InChI=1S/C29H41N3O3S2/c1-28(2,3)20-16-19(17-21(18-20)29(4)12-13-29)24-25(30-22-8-6-5-7-9-22)32-27(36-24)26(33)31-23-10-14-37(34,35)15-11-23/h16-18,22-23,30H,5-15H2,1-4H3,(H,31,33). The Morgan fingerprint density at radius 1 is 1.00 bits per heavy atom. The first-order valence-electron chi connectivity index (χ1n) is 13.9. The monoisotopic (exact) mass is 543 g/mol. The largest absolute Gasteiger partial charge is 0.366 e. The Balaban J connectivity index is 1.49. The number of carbonyl (C=O) groups excluding carboxylic acids is 1. The molecule has 0 radical (unpaired) electrons. The van der Waals surface area contributed by atoms with Crippen LogP contribution in [0, 0.1) is 0 Å². The molecule has 1 aromatic heterocycles. The molecule has 2 aliphatic carbocycles. The van der Waals surface area contributed by atoms with Crippen LogP contribution in [0.1, 0.15) is 106 Å². The van der Waals surface area contributed by atoms with Crippen molar-refractivity contribution in [3.05, 3.63) is 34.3 Å². The molecule has 0 spiro atoms. The molecule has 6 nitrogen and oxygen atoms in total. The van der Waals surface area contributed by atoms with E-state index >= 15 is 0 Å². The molecule has 2 N–H and O–H groups in total. The molecule has 37 heavy (non-hydrogen) atoms. The van der Waals surface area contributed by atoms with E-state index in [-0.39, 0.29) is 34.3 Å². The van der Waals surface area contributed by atoms with Crippen molar-refractivity contribution in [2.24, 2.45) is 0 Å². The van der Waals surface area contributed by atoms with E-state index in [2.05, 4.69) is 56.5 Å². The molecule has 1 amide bonds. The van der Waals surface area contributed by atoms with Crippen molar-refractivity contribution in [1.29, 1.82) is 0 Å². The molecule has 8 heteroatoms. The van der Waals surface area contributed by atoms with Crippen molar-refractivity contribution < 1.29 is 13.2 Å². The maximum Gasteiger partial charge on any atom is 0.280 e. The summed E-state index contributed by atoms with van der Waals surface area (Å²) in [6, 6.07) is 7.22. The first kappa shape index (κ1) is 26.7. The van der Waals surface area contributed by atoms with E-state index < -0.39 is 9.84 Å². The van der Waals surface area contributed by atoms with E-state index in [4.69, 9.17) is 4.98 Å². The second kappa shape index (κ2) is 9.99. The molecule has 2 saturated carbocycles. The summed E-state index contributed by atoms with van der Waals surface area (Å²) in [6.45, 7) is 9.10. The lowest BCUT2D eigenvalue weighted by Gasteiger charge is -2.25. The Morgan fingerprint density at radius 3 is 2.30 bits per heavy atom. The maximum atomic E-state index is 13.3. The number of sulfone groups is 1. The van der Waals surface area contributed by atoms with Gasteiger partial charge in [-0.1, -0.05) is 53.0 Å². The molecule has 3 aliphatic rings. The van der Waals surface area contributed by atoms with E-state index in [1.807, 2.05) is 0 Å². The van der Waals surface area contributed by atoms with Gasteiger partial charge in [0.1, 0.15) is 15.7 Å². The quantitative estimate of drug-likeness (QED) is 0.452. The van der Waals surface area contributed by atoms with E-state index in [0.29, 0.717) is 23.9 Å². The van der Waals surface area contributed by atoms with Gasteiger partial charge in [-0.25, -0.2) is 13.4 Å². The summed E-state index contributed by atoms with van der Waals surface area (Å²) in [7, 11) is -2.97. The number of nitrogens with one attached hydrogen (secondary N) is 2. The third-order valence-electron chi connectivity index (χ3n) is 8.42. The fourth-order valence-corrected chi connectivity index (χ4v) is 7.86. The number of anilines is 1. The molecule has 1 aliphatic heterocycles. The normalized spacial score (nSPS) is 21.9. The number of thiazole rings is 1. The first-order valence-corrected chi connectivity index (χ1v) is 16.5. The third kappa shape index (κ3) is 6.22. The van der Waals surface area contributed by atoms with Crippen molar-refractivity contribution in [3.63, 3.8) is 0 Å². The summed E-state index contributed by atoms with van der Waals surface area (Å²) in [4.78, 5) is 19.2. The molecular weight excluding hydrogens is 502 g/mol. The summed E-state index contributed by atoms with van der Waals surface area (Å²) < 4.78 is 23.6. The highest BCUT2D eigenvalue weighted by molar-refractivity contribution is 7.91. The van der Waals surface area contributed by atoms with Gasteiger partial charge in [-0.15, -0.1) is 11.3 Å². The van der Waals surface area contributed by atoms with Crippen LogP contribution in [-0.2, 0) is 20.7 Å². The van der Waals surface area contributed by atoms with Crippen LogP contribution in [0.3, 0.4) is 0 Å². The van der Waals surface area contributed by atoms with Crippen molar-refractivity contribution in [1.82, 2.24) is 10.3 Å². The molecule has 5 rings (SSSR count). The van der Waals surface area contributed by atoms with Gasteiger partial charge in [0.15, 0.2) is 5.01 Å². The van der Waals surface area contributed by atoms with E-state index in [9.17, 15) is 13.2 Å². The van der Waals surface area contributed by atoms with Crippen LogP contribution in [0.5, 0.6) is 0 Å². The number of hydrogen-bond donors (Lipinski definition) is 2. The minimum atomic E-state index is -2.97. The summed E-state index contributed by atoms with van der Waals surface area (Å²) in [6.07, 6.45) is 9.32. The number of aromatic nitrogens is 1. The number of carbonyl (C=O) groups is 1. The fraction of sp³-hybridized carbons (Fsp3) is 0.655. The third-order valence-corrected chi connectivity index (χ3v) is 11.2. The maximum absolute atomic E-state index is 13.3. The van der Waals surface area contributed by atoms with Crippen LogP contribution < -0.4 is 10.6 Å². The number of nitrogens with zero attached hydrogens (tertiary/aromatic N) is 1. The van der Waals surface area contributed by atoms with Crippen LogP contribution in [0.25, 0.3) is 10.4 Å². The Morgan fingerprint density at radius 2 is 1.68 bits per heavy atom. The van der Waals surface area contributed by atoms with Crippen LogP contribution in [0.15, 0.2) is 18.2 Å². The van der Waals surface area contributed by atoms with E-state index in [0.717, 1.165) is 29.1 Å². The smallest absolute Gasteiger partial charge is 0.280 e. The fourth-order valence-electron chi connectivity index (χ4n) is 5.45. The molecule has 0 atom stereocenters. The molecule has 1 saturated heterocycles. The first-order chi connectivity index (χ1) is 17.4. The summed E-state index contributed by atoms with van der Waals surface area (Å²) >= 11 is 1.45. The number of amides is 1. The zero-order valence-electron chi connectivity index (χ0n) is 22.7. The van der Waals surface area contributed by atoms with Gasteiger partial charge in [0, 0.05) is 12.1 Å². The Bertz CT molecular complexity index is 1230. The lowest BCUT2D eigenvalue weighted by molar-refractivity contribution is 0.0934. The Labute approximate surface area is 226 Å². The summed E-state index contributed by atoms with van der Waals surface area (Å²) in [5, 5.41) is 7.22. The minimum Gasteiger partial charge on any atom is -0.366 e. The average molecular weight is 544 g/mol. The zero-order valence-corrected chi connectivity index (χ0v) is 24.3. The predicted octanol–water partition coefficient (Wildman–Crippen LogP) is 6.21. The second-order valence-corrected chi connectivity index (χ2v) is 16.0. The molecule has 3 fully saturated rings. The minimum absolute atomic E-state index is 0.0131. The number of hydrogen-bond acceptors (Lipinski definition) is 6. The van der Waals surface area contributed by atoms with Gasteiger partial charge >= 0.3 is 0 Å². The molecule has 202 valence electrons. The second-order valence-electron chi connectivity index (χ2n) is 12.7. The number of benzene rings is 1. The summed E-state index contributed by atoms with van der Waals surface area (Å²) in [5.41, 5.74) is 4.06. The molecule has 1 aromatic carbocycles. The number of rotatable bonds is 6. The van der Waals surface area contributed by atoms with Crippen LogP contribution >= 0.6 is 11.3 Å². The zero-order chi connectivity index (χ0) is 26.4. The molecule has 2 heterocycles. The lowest BCUT2D eigenvalue weighted by atomic mass is 9.82. The highest BCUT2D eigenvalue weighted by Crippen LogP contribution is 2.50. The van der Waals surface area contributed by atoms with Crippen molar-refractivity contribution in [3.8, 4) is 10.4 Å². The molecular formula is C29H41N3O3S2. The van der Waals surface area contributed by atoms with Gasteiger partial charge in [0.05, 0.1) is 16.4 Å². The van der Waals surface area contributed by atoms with E-state index in [1.165, 1.54) is 54.6 Å². The van der Waals surface area contributed by atoms with Crippen LogP contribution in [0.2, 0.25) is 0 Å². The lowest BCUT2D eigenvalue weighted by Crippen LogP contribution is -2.40.